The van der Waals surface area contributed by atoms with E-state index in [1.807, 2.05) is 24.3 Å². The maximum absolute atomic E-state index is 14.2. The first kappa shape index (κ1) is 21.3. The molecular formula is C22H25FN2O3S. The van der Waals surface area contributed by atoms with Crippen molar-refractivity contribution in [2.75, 3.05) is 25.2 Å². The Morgan fingerprint density at radius 2 is 1.97 bits per heavy atom. The first-order chi connectivity index (χ1) is 14.0. The molecular weight excluding hydrogens is 391 g/mol. The van der Waals surface area contributed by atoms with Gasteiger partial charge in [-0.1, -0.05) is 37.3 Å². The lowest BCUT2D eigenvalue weighted by Crippen LogP contribution is -2.47. The fraction of sp³-hybridized carbons (Fsp3) is 0.364. The highest BCUT2D eigenvalue weighted by atomic mass is 32.2. The molecule has 5 nitrogen and oxygen atoms in total. The molecule has 0 aliphatic carbocycles. The van der Waals surface area contributed by atoms with Crippen molar-refractivity contribution in [3.63, 3.8) is 0 Å². The van der Waals surface area contributed by atoms with Gasteiger partial charge < -0.3 is 15.0 Å². The number of anilines is 1. The third-order valence-corrected chi connectivity index (χ3v) is 6.36. The van der Waals surface area contributed by atoms with Crippen LogP contribution in [0.1, 0.15) is 18.9 Å². The molecule has 0 saturated carbocycles. The smallest absolute Gasteiger partial charge is 0.241 e. The van der Waals surface area contributed by atoms with Gasteiger partial charge in [0.15, 0.2) is 0 Å². The van der Waals surface area contributed by atoms with E-state index in [0.29, 0.717) is 25.1 Å². The summed E-state index contributed by atoms with van der Waals surface area (Å²) in [5.74, 6) is -1.23. The Hall–Kier alpha value is -2.38. The molecule has 1 aliphatic heterocycles. The van der Waals surface area contributed by atoms with E-state index in [9.17, 15) is 14.0 Å². The molecule has 0 bridgehead atoms. The fourth-order valence-electron chi connectivity index (χ4n) is 3.24. The van der Waals surface area contributed by atoms with Crippen LogP contribution in [0.5, 0.6) is 0 Å². The lowest BCUT2D eigenvalue weighted by Gasteiger charge is -2.35. The Morgan fingerprint density at radius 3 is 2.72 bits per heavy atom. The van der Waals surface area contributed by atoms with E-state index in [-0.39, 0.29) is 24.2 Å². The predicted octanol–water partition coefficient (Wildman–Crippen LogP) is 3.62. The minimum absolute atomic E-state index is 0.127. The van der Waals surface area contributed by atoms with Gasteiger partial charge in [0.25, 0.3) is 0 Å². The topological polar surface area (TPSA) is 58.6 Å². The average Bonchev–Trinajstić information content (AvgIpc) is 2.73. The van der Waals surface area contributed by atoms with Crippen LogP contribution in [-0.2, 0) is 20.9 Å². The Labute approximate surface area is 174 Å². The molecule has 1 N–H and O–H groups in total. The van der Waals surface area contributed by atoms with Gasteiger partial charge in [-0.25, -0.2) is 4.39 Å². The molecule has 0 aromatic heterocycles. The van der Waals surface area contributed by atoms with Crippen LogP contribution in [0.4, 0.5) is 10.1 Å². The van der Waals surface area contributed by atoms with Gasteiger partial charge >= 0.3 is 0 Å². The zero-order valence-electron chi connectivity index (χ0n) is 16.6. The molecule has 0 spiro atoms. The van der Waals surface area contributed by atoms with Crippen molar-refractivity contribution in [1.82, 2.24) is 5.32 Å². The Balaban J connectivity index is 1.81. The molecule has 2 aromatic carbocycles. The third kappa shape index (κ3) is 4.97. The highest BCUT2D eigenvalue weighted by molar-refractivity contribution is 8.01. The van der Waals surface area contributed by atoms with Gasteiger partial charge in [0.2, 0.25) is 11.8 Å². The Bertz CT molecular complexity index is 877. The zero-order chi connectivity index (χ0) is 20.8. The number of methoxy groups -OCH3 is 1. The van der Waals surface area contributed by atoms with Gasteiger partial charge in [-0.2, -0.15) is 0 Å². The molecule has 2 aromatic rings. The minimum Gasteiger partial charge on any atom is -0.385 e. The molecule has 154 valence electrons. The van der Waals surface area contributed by atoms with E-state index < -0.39 is 11.2 Å². The molecule has 3 rings (SSSR count). The van der Waals surface area contributed by atoms with Gasteiger partial charge in [0, 0.05) is 30.7 Å². The van der Waals surface area contributed by atoms with E-state index in [0.717, 1.165) is 10.6 Å². The van der Waals surface area contributed by atoms with Crippen molar-refractivity contribution in [2.45, 2.75) is 30.0 Å². The van der Waals surface area contributed by atoms with Crippen LogP contribution in [-0.4, -0.2) is 37.3 Å². The number of hydrogen-bond donors (Lipinski definition) is 1. The normalized spacial score (nSPS) is 17.0. The standard InChI is InChI=1S/C22H25FN2O3S/c1-15(21(26)24-12-7-13-28-2)20-22(27)25(14-16-8-3-4-9-17(16)23)18-10-5-6-11-19(18)29-20/h3-6,8-11,15,20H,7,12-14H2,1-2H3,(H,24,26)/t15-,20+/m1/s1. The second-order valence-electron chi connectivity index (χ2n) is 6.95. The number of amides is 2. The van der Waals surface area contributed by atoms with Gasteiger partial charge in [0.1, 0.15) is 11.1 Å². The summed E-state index contributed by atoms with van der Waals surface area (Å²) in [6.45, 7) is 2.95. The molecule has 7 heteroatoms. The molecule has 1 aliphatic rings. The molecule has 2 amide bonds. The number of halogens is 1. The number of para-hydroxylation sites is 1. The van der Waals surface area contributed by atoms with Crippen LogP contribution in [0.3, 0.4) is 0 Å². The number of nitrogens with zero attached hydrogens (tertiary/aromatic N) is 1. The molecule has 0 fully saturated rings. The van der Waals surface area contributed by atoms with Crippen LogP contribution in [0.25, 0.3) is 0 Å². The van der Waals surface area contributed by atoms with Crippen molar-refractivity contribution in [3.05, 3.63) is 59.9 Å². The summed E-state index contributed by atoms with van der Waals surface area (Å²) in [6, 6.07) is 14.0. The summed E-state index contributed by atoms with van der Waals surface area (Å²) < 4.78 is 19.2. The number of rotatable bonds is 8. The monoisotopic (exact) mass is 416 g/mol. The van der Waals surface area contributed by atoms with Crippen molar-refractivity contribution < 1.29 is 18.7 Å². The molecule has 29 heavy (non-hydrogen) atoms. The third-order valence-electron chi connectivity index (χ3n) is 4.90. The fourth-order valence-corrected chi connectivity index (χ4v) is 4.53. The summed E-state index contributed by atoms with van der Waals surface area (Å²) >= 11 is 1.39. The van der Waals surface area contributed by atoms with E-state index >= 15 is 0 Å². The average molecular weight is 417 g/mol. The van der Waals surface area contributed by atoms with E-state index in [4.69, 9.17) is 4.74 Å². The number of carbonyl (C=O) groups excluding carboxylic acids is 2. The van der Waals surface area contributed by atoms with Crippen LogP contribution in [0, 0.1) is 11.7 Å². The lowest BCUT2D eigenvalue weighted by atomic mass is 10.0. The van der Waals surface area contributed by atoms with Gasteiger partial charge in [0.05, 0.1) is 18.2 Å². The predicted molar refractivity (Wildman–Crippen MR) is 112 cm³/mol. The summed E-state index contributed by atoms with van der Waals surface area (Å²) in [5.41, 5.74) is 1.19. The molecule has 2 atom stereocenters. The lowest BCUT2D eigenvalue weighted by molar-refractivity contribution is -0.128. The van der Waals surface area contributed by atoms with Gasteiger partial charge in [-0.15, -0.1) is 11.8 Å². The van der Waals surface area contributed by atoms with Crippen LogP contribution in [0.2, 0.25) is 0 Å². The largest absolute Gasteiger partial charge is 0.385 e. The molecule has 0 saturated heterocycles. The number of nitrogens with one attached hydrogen (secondary N) is 1. The second kappa shape index (κ2) is 9.89. The quantitative estimate of drug-likeness (QED) is 0.668. The van der Waals surface area contributed by atoms with E-state index in [1.54, 1.807) is 37.1 Å². The molecule has 1 heterocycles. The van der Waals surface area contributed by atoms with Crippen LogP contribution >= 0.6 is 11.8 Å². The maximum Gasteiger partial charge on any atom is 0.241 e. The number of ether oxygens (including phenoxy) is 1. The number of fused-ring (bicyclic) bond motifs is 1. The minimum atomic E-state index is -0.570. The molecule has 0 radical (unpaired) electrons. The SMILES string of the molecule is COCCCNC(=O)[C@H](C)[C@@H]1Sc2ccccc2N(Cc2ccccc2F)C1=O. The van der Waals surface area contributed by atoms with E-state index in [2.05, 4.69) is 5.32 Å². The maximum atomic E-state index is 14.2. The number of carbonyl (C=O) groups is 2. The van der Waals surface area contributed by atoms with Crippen molar-refractivity contribution >= 4 is 29.3 Å². The Kier molecular flexibility index (Phi) is 7.28. The highest BCUT2D eigenvalue weighted by Crippen LogP contribution is 2.42. The number of thioether (sulfide) groups is 1. The Morgan fingerprint density at radius 1 is 1.24 bits per heavy atom. The first-order valence-corrected chi connectivity index (χ1v) is 10.5. The number of benzene rings is 2. The summed E-state index contributed by atoms with van der Waals surface area (Å²) in [7, 11) is 1.61. The van der Waals surface area contributed by atoms with Crippen LogP contribution in [0.15, 0.2) is 53.4 Å². The van der Waals surface area contributed by atoms with Crippen molar-refractivity contribution in [2.24, 2.45) is 5.92 Å². The summed E-state index contributed by atoms with van der Waals surface area (Å²) in [4.78, 5) is 28.4. The van der Waals surface area contributed by atoms with Gasteiger partial charge in [-0.3, -0.25) is 9.59 Å². The second-order valence-corrected chi connectivity index (χ2v) is 8.13. The van der Waals surface area contributed by atoms with Crippen molar-refractivity contribution in [1.29, 1.82) is 0 Å². The van der Waals surface area contributed by atoms with Gasteiger partial charge in [-0.05, 0) is 24.6 Å². The summed E-state index contributed by atoms with van der Waals surface area (Å²) in [5, 5.41) is 2.30. The summed E-state index contributed by atoms with van der Waals surface area (Å²) in [6.07, 6.45) is 0.711. The van der Waals surface area contributed by atoms with E-state index in [1.165, 1.54) is 17.8 Å². The molecule has 0 unspecified atom stereocenters. The van der Waals surface area contributed by atoms with Crippen molar-refractivity contribution in [3.8, 4) is 0 Å². The number of hydrogen-bond acceptors (Lipinski definition) is 4. The van der Waals surface area contributed by atoms with Crippen LogP contribution < -0.4 is 10.2 Å². The highest BCUT2D eigenvalue weighted by Gasteiger charge is 2.39. The first-order valence-electron chi connectivity index (χ1n) is 9.60. The zero-order valence-corrected chi connectivity index (χ0v) is 17.4.